The standard InChI is InChI=1S/C19H20FNO/c20-16-6-7-17-18-13-21(11-14-4-2-1-3-5-14)12-15(18)8-9-22-19(17)10-16/h1-7,10,15,18H,8-9,11-13H2/t15-,18-/m0/s1. The smallest absolute Gasteiger partial charge is 0.126 e. The molecule has 2 aromatic rings. The van der Waals surface area contributed by atoms with E-state index in [0.717, 1.165) is 31.8 Å². The third kappa shape index (κ3) is 2.61. The van der Waals surface area contributed by atoms with E-state index in [1.54, 1.807) is 6.07 Å². The minimum Gasteiger partial charge on any atom is -0.493 e. The fourth-order valence-corrected chi connectivity index (χ4v) is 3.84. The Morgan fingerprint density at radius 1 is 1.09 bits per heavy atom. The molecule has 1 saturated heterocycles. The van der Waals surface area contributed by atoms with Gasteiger partial charge < -0.3 is 4.74 Å². The number of rotatable bonds is 2. The van der Waals surface area contributed by atoms with Gasteiger partial charge >= 0.3 is 0 Å². The molecule has 2 aliphatic rings. The molecule has 0 unspecified atom stereocenters. The lowest BCUT2D eigenvalue weighted by molar-refractivity contribution is 0.270. The molecule has 0 bridgehead atoms. The molecular weight excluding hydrogens is 277 g/mol. The highest BCUT2D eigenvalue weighted by Gasteiger charge is 2.36. The summed E-state index contributed by atoms with van der Waals surface area (Å²) in [5.74, 6) is 1.60. The van der Waals surface area contributed by atoms with Gasteiger partial charge in [0.05, 0.1) is 6.61 Å². The number of hydrogen-bond acceptors (Lipinski definition) is 2. The van der Waals surface area contributed by atoms with Gasteiger partial charge in [-0.25, -0.2) is 4.39 Å². The normalized spacial score (nSPS) is 24.2. The van der Waals surface area contributed by atoms with Gasteiger partial charge in [-0.3, -0.25) is 4.90 Å². The van der Waals surface area contributed by atoms with E-state index >= 15 is 0 Å². The first-order valence-electron chi connectivity index (χ1n) is 7.98. The van der Waals surface area contributed by atoms with Gasteiger partial charge in [0.2, 0.25) is 0 Å². The molecule has 0 radical (unpaired) electrons. The van der Waals surface area contributed by atoms with Gasteiger partial charge in [-0.1, -0.05) is 36.4 Å². The Kier molecular flexibility index (Phi) is 3.59. The van der Waals surface area contributed by atoms with E-state index in [4.69, 9.17) is 4.74 Å². The predicted octanol–water partition coefficient (Wildman–Crippen LogP) is 3.82. The van der Waals surface area contributed by atoms with Crippen molar-refractivity contribution in [1.82, 2.24) is 4.90 Å². The van der Waals surface area contributed by atoms with E-state index in [-0.39, 0.29) is 5.82 Å². The van der Waals surface area contributed by atoms with Crippen LogP contribution in [0.5, 0.6) is 5.75 Å². The van der Waals surface area contributed by atoms with Crippen molar-refractivity contribution in [3.63, 3.8) is 0 Å². The largest absolute Gasteiger partial charge is 0.493 e. The van der Waals surface area contributed by atoms with Crippen LogP contribution in [-0.4, -0.2) is 24.6 Å². The van der Waals surface area contributed by atoms with E-state index in [2.05, 4.69) is 35.2 Å². The van der Waals surface area contributed by atoms with Crippen molar-refractivity contribution in [3.8, 4) is 5.75 Å². The second-order valence-corrected chi connectivity index (χ2v) is 6.37. The number of fused-ring (bicyclic) bond motifs is 3. The molecule has 0 saturated carbocycles. The average Bonchev–Trinajstić information content (AvgIpc) is 2.83. The Labute approximate surface area is 130 Å². The lowest BCUT2D eigenvalue weighted by Crippen LogP contribution is -2.21. The summed E-state index contributed by atoms with van der Waals surface area (Å²) in [6.45, 7) is 3.81. The van der Waals surface area contributed by atoms with Crippen LogP contribution in [0, 0.1) is 11.7 Å². The maximum absolute atomic E-state index is 13.4. The molecule has 0 aromatic heterocycles. The summed E-state index contributed by atoms with van der Waals surface area (Å²) in [5, 5.41) is 0. The van der Waals surface area contributed by atoms with Gasteiger partial charge in [-0.15, -0.1) is 0 Å². The quantitative estimate of drug-likeness (QED) is 0.835. The lowest BCUT2D eigenvalue weighted by atomic mass is 9.87. The van der Waals surface area contributed by atoms with Crippen molar-refractivity contribution in [1.29, 1.82) is 0 Å². The van der Waals surface area contributed by atoms with Crippen molar-refractivity contribution < 1.29 is 9.13 Å². The fourth-order valence-electron chi connectivity index (χ4n) is 3.84. The summed E-state index contributed by atoms with van der Waals surface area (Å²) in [7, 11) is 0. The van der Waals surface area contributed by atoms with E-state index in [1.165, 1.54) is 17.2 Å². The highest BCUT2D eigenvalue weighted by atomic mass is 19.1. The second-order valence-electron chi connectivity index (χ2n) is 6.37. The number of hydrogen-bond donors (Lipinski definition) is 0. The zero-order valence-corrected chi connectivity index (χ0v) is 12.5. The van der Waals surface area contributed by atoms with E-state index in [0.29, 0.717) is 18.4 Å². The average molecular weight is 297 g/mol. The number of ether oxygens (including phenoxy) is 1. The maximum atomic E-state index is 13.4. The van der Waals surface area contributed by atoms with Crippen LogP contribution in [0.4, 0.5) is 4.39 Å². The SMILES string of the molecule is Fc1ccc2c(c1)OCC[C@H]1CN(Cc3ccccc3)C[C@H]21. The zero-order valence-electron chi connectivity index (χ0n) is 12.5. The zero-order chi connectivity index (χ0) is 14.9. The van der Waals surface area contributed by atoms with Crippen molar-refractivity contribution in [2.45, 2.75) is 18.9 Å². The Morgan fingerprint density at radius 3 is 2.82 bits per heavy atom. The lowest BCUT2D eigenvalue weighted by Gasteiger charge is -2.17. The van der Waals surface area contributed by atoms with E-state index in [9.17, 15) is 4.39 Å². The van der Waals surface area contributed by atoms with Gasteiger partial charge in [0, 0.05) is 31.6 Å². The highest BCUT2D eigenvalue weighted by Crippen LogP contribution is 2.42. The van der Waals surface area contributed by atoms with Crippen LogP contribution >= 0.6 is 0 Å². The number of likely N-dealkylation sites (tertiary alicyclic amines) is 1. The monoisotopic (exact) mass is 297 g/mol. The molecule has 0 aliphatic carbocycles. The van der Waals surface area contributed by atoms with Crippen LogP contribution < -0.4 is 4.74 Å². The Morgan fingerprint density at radius 2 is 1.95 bits per heavy atom. The molecule has 2 atom stereocenters. The second kappa shape index (κ2) is 5.73. The highest BCUT2D eigenvalue weighted by molar-refractivity contribution is 5.39. The van der Waals surface area contributed by atoms with Crippen LogP contribution in [0.3, 0.4) is 0 Å². The van der Waals surface area contributed by atoms with Crippen LogP contribution in [0.25, 0.3) is 0 Å². The first-order chi connectivity index (χ1) is 10.8. The van der Waals surface area contributed by atoms with E-state index in [1.807, 2.05) is 6.07 Å². The fraction of sp³-hybridized carbons (Fsp3) is 0.368. The first kappa shape index (κ1) is 13.8. The number of halogens is 1. The molecule has 1 fully saturated rings. The molecule has 2 aromatic carbocycles. The van der Waals surface area contributed by atoms with Crippen molar-refractivity contribution in [2.75, 3.05) is 19.7 Å². The number of nitrogens with zero attached hydrogens (tertiary/aromatic N) is 1. The Bertz CT molecular complexity index is 658. The van der Waals surface area contributed by atoms with Crippen LogP contribution in [0.15, 0.2) is 48.5 Å². The summed E-state index contributed by atoms with van der Waals surface area (Å²) >= 11 is 0. The van der Waals surface area contributed by atoms with Crippen molar-refractivity contribution in [3.05, 3.63) is 65.5 Å². The molecule has 114 valence electrons. The molecule has 3 heteroatoms. The topological polar surface area (TPSA) is 12.5 Å². The van der Waals surface area contributed by atoms with E-state index < -0.39 is 0 Å². The van der Waals surface area contributed by atoms with Crippen LogP contribution in [0.1, 0.15) is 23.5 Å². The minimum absolute atomic E-state index is 0.212. The summed E-state index contributed by atoms with van der Waals surface area (Å²) in [6.07, 6.45) is 1.05. The van der Waals surface area contributed by atoms with Crippen molar-refractivity contribution >= 4 is 0 Å². The molecule has 2 aliphatic heterocycles. The summed E-state index contributed by atoms with van der Waals surface area (Å²) in [4.78, 5) is 2.52. The Balaban J connectivity index is 1.56. The molecule has 22 heavy (non-hydrogen) atoms. The summed E-state index contributed by atoms with van der Waals surface area (Å²) in [5.41, 5.74) is 2.54. The molecule has 0 N–H and O–H groups in total. The first-order valence-corrected chi connectivity index (χ1v) is 7.98. The molecular formula is C19H20FNO. The Hall–Kier alpha value is -1.87. The van der Waals surface area contributed by atoms with Crippen LogP contribution in [0.2, 0.25) is 0 Å². The van der Waals surface area contributed by atoms with Crippen LogP contribution in [-0.2, 0) is 6.54 Å². The van der Waals surface area contributed by atoms with Gasteiger partial charge in [0.1, 0.15) is 11.6 Å². The van der Waals surface area contributed by atoms with Gasteiger partial charge in [-0.05, 0) is 29.5 Å². The summed E-state index contributed by atoms with van der Waals surface area (Å²) in [6, 6.07) is 15.6. The van der Waals surface area contributed by atoms with Crippen molar-refractivity contribution in [2.24, 2.45) is 5.92 Å². The molecule has 0 amide bonds. The molecule has 2 nitrogen and oxygen atoms in total. The maximum Gasteiger partial charge on any atom is 0.126 e. The summed E-state index contributed by atoms with van der Waals surface area (Å²) < 4.78 is 19.2. The van der Waals surface area contributed by atoms with Gasteiger partial charge in [0.25, 0.3) is 0 Å². The molecule has 4 rings (SSSR count). The van der Waals surface area contributed by atoms with Gasteiger partial charge in [-0.2, -0.15) is 0 Å². The molecule has 0 spiro atoms. The third-order valence-corrected chi connectivity index (χ3v) is 4.89. The molecule has 2 heterocycles. The third-order valence-electron chi connectivity index (χ3n) is 4.89. The van der Waals surface area contributed by atoms with Gasteiger partial charge in [0.15, 0.2) is 0 Å². The number of benzene rings is 2. The minimum atomic E-state index is -0.212. The predicted molar refractivity (Wildman–Crippen MR) is 84.5 cm³/mol.